The molecule has 126 valence electrons. The maximum absolute atomic E-state index is 13.5. The van der Waals surface area contributed by atoms with Crippen LogP contribution in [0.4, 0.5) is 10.1 Å². The Balaban J connectivity index is 1.98. The number of carbonyl (C=O) groups excluding carboxylic acids is 2. The number of nitrogens with one attached hydrogen (secondary N) is 1. The molecule has 5 nitrogen and oxygen atoms in total. The van der Waals surface area contributed by atoms with Crippen molar-refractivity contribution in [1.82, 2.24) is 5.32 Å². The fraction of sp³-hybridized carbons (Fsp3) is 0.500. The van der Waals surface area contributed by atoms with Crippen LogP contribution in [-0.4, -0.2) is 36.1 Å². The van der Waals surface area contributed by atoms with Crippen LogP contribution in [0.15, 0.2) is 18.2 Å². The molecule has 23 heavy (non-hydrogen) atoms. The topological polar surface area (TPSA) is 69.6 Å². The number of halogens is 2. The Hall–Kier alpha value is -1.66. The van der Waals surface area contributed by atoms with Crippen LogP contribution in [0.5, 0.6) is 0 Å². The van der Waals surface area contributed by atoms with Crippen molar-refractivity contribution in [2.75, 3.05) is 18.1 Å². The predicted molar refractivity (Wildman–Crippen MR) is 85.8 cm³/mol. The van der Waals surface area contributed by atoms with Gasteiger partial charge in [-0.25, -0.2) is 4.39 Å². The van der Waals surface area contributed by atoms with Gasteiger partial charge >= 0.3 is 0 Å². The summed E-state index contributed by atoms with van der Waals surface area (Å²) in [4.78, 5) is 25.7. The van der Waals surface area contributed by atoms with Gasteiger partial charge in [-0.15, -0.1) is 0 Å². The Morgan fingerprint density at radius 2 is 2.30 bits per heavy atom. The second-order valence-corrected chi connectivity index (χ2v) is 6.19. The van der Waals surface area contributed by atoms with Crippen LogP contribution in [0.25, 0.3) is 0 Å². The van der Waals surface area contributed by atoms with E-state index in [-0.39, 0.29) is 42.5 Å². The zero-order chi connectivity index (χ0) is 17.0. The largest absolute Gasteiger partial charge is 0.396 e. The van der Waals surface area contributed by atoms with E-state index in [1.807, 2.05) is 6.92 Å². The van der Waals surface area contributed by atoms with Crippen molar-refractivity contribution >= 4 is 29.1 Å². The first-order chi connectivity index (χ1) is 10.9. The molecule has 2 amide bonds. The summed E-state index contributed by atoms with van der Waals surface area (Å²) in [6.45, 7) is 2.16. The van der Waals surface area contributed by atoms with Crippen molar-refractivity contribution in [3.63, 3.8) is 0 Å². The van der Waals surface area contributed by atoms with Gasteiger partial charge in [0.25, 0.3) is 0 Å². The summed E-state index contributed by atoms with van der Waals surface area (Å²) in [5.74, 6) is -1.46. The van der Waals surface area contributed by atoms with Gasteiger partial charge in [-0.05, 0) is 38.0 Å². The molecule has 2 atom stereocenters. The molecular formula is C16H20ClFN2O3. The lowest BCUT2D eigenvalue weighted by Crippen LogP contribution is -2.38. The van der Waals surface area contributed by atoms with Crippen LogP contribution < -0.4 is 10.2 Å². The molecule has 0 saturated carbocycles. The number of hydrogen-bond donors (Lipinski definition) is 2. The number of anilines is 1. The maximum Gasteiger partial charge on any atom is 0.227 e. The third-order valence-corrected chi connectivity index (χ3v) is 4.20. The van der Waals surface area contributed by atoms with Crippen LogP contribution in [0.1, 0.15) is 26.2 Å². The molecule has 2 rings (SSSR count). The molecule has 1 saturated heterocycles. The van der Waals surface area contributed by atoms with Gasteiger partial charge in [-0.1, -0.05) is 11.6 Å². The van der Waals surface area contributed by atoms with Gasteiger partial charge in [0, 0.05) is 31.3 Å². The third-order valence-electron chi connectivity index (χ3n) is 3.89. The summed E-state index contributed by atoms with van der Waals surface area (Å²) in [5.41, 5.74) is 0.403. The Kier molecular flexibility index (Phi) is 5.96. The minimum absolute atomic E-state index is 0.00704. The average Bonchev–Trinajstić information content (AvgIpc) is 2.90. The van der Waals surface area contributed by atoms with Gasteiger partial charge in [-0.2, -0.15) is 0 Å². The number of amides is 2. The van der Waals surface area contributed by atoms with E-state index in [2.05, 4.69) is 5.32 Å². The Morgan fingerprint density at radius 3 is 2.96 bits per heavy atom. The Labute approximate surface area is 139 Å². The summed E-state index contributed by atoms with van der Waals surface area (Å²) in [6.07, 6.45) is 1.39. The van der Waals surface area contributed by atoms with E-state index in [0.29, 0.717) is 18.5 Å². The SMILES string of the molecule is C[C@@H](CCCO)NC(=O)[C@@H]1CC(=O)N(c2ccc(Cl)c(F)c2)C1. The zero-order valence-corrected chi connectivity index (χ0v) is 13.6. The molecule has 1 aliphatic heterocycles. The smallest absolute Gasteiger partial charge is 0.227 e. The summed E-state index contributed by atoms with van der Waals surface area (Å²) in [5, 5.41) is 11.6. The van der Waals surface area contributed by atoms with Crippen molar-refractivity contribution in [2.24, 2.45) is 5.92 Å². The molecule has 0 unspecified atom stereocenters. The number of nitrogens with zero attached hydrogens (tertiary/aromatic N) is 1. The second kappa shape index (κ2) is 7.75. The zero-order valence-electron chi connectivity index (χ0n) is 12.9. The molecule has 0 spiro atoms. The molecule has 1 fully saturated rings. The number of rotatable bonds is 6. The monoisotopic (exact) mass is 342 g/mol. The third kappa shape index (κ3) is 4.42. The summed E-state index contributed by atoms with van der Waals surface area (Å²) in [6, 6.07) is 4.09. The van der Waals surface area contributed by atoms with Crippen molar-refractivity contribution in [3.8, 4) is 0 Å². The molecule has 2 N–H and O–H groups in total. The summed E-state index contributed by atoms with van der Waals surface area (Å²) < 4.78 is 13.5. The molecule has 7 heteroatoms. The Morgan fingerprint density at radius 1 is 1.57 bits per heavy atom. The first-order valence-electron chi connectivity index (χ1n) is 7.59. The maximum atomic E-state index is 13.5. The van der Waals surface area contributed by atoms with E-state index in [4.69, 9.17) is 16.7 Å². The fourth-order valence-corrected chi connectivity index (χ4v) is 2.73. The van der Waals surface area contributed by atoms with E-state index >= 15 is 0 Å². The summed E-state index contributed by atoms with van der Waals surface area (Å²) >= 11 is 5.64. The predicted octanol–water partition coefficient (Wildman–Crippen LogP) is 2.11. The van der Waals surface area contributed by atoms with E-state index in [1.54, 1.807) is 6.07 Å². The van der Waals surface area contributed by atoms with E-state index in [1.165, 1.54) is 17.0 Å². The standard InChI is InChI=1S/C16H20ClFN2O3/c1-10(3-2-6-21)19-16(23)11-7-15(22)20(9-11)12-4-5-13(17)14(18)8-12/h4-5,8,10-11,21H,2-3,6-7,9H2,1H3,(H,19,23)/t10-,11+/m0/s1. The van der Waals surface area contributed by atoms with Crippen molar-refractivity contribution in [3.05, 3.63) is 29.0 Å². The highest BCUT2D eigenvalue weighted by atomic mass is 35.5. The number of aliphatic hydroxyl groups excluding tert-OH is 1. The molecule has 0 bridgehead atoms. The van der Waals surface area contributed by atoms with Gasteiger partial charge in [0.2, 0.25) is 11.8 Å². The molecule has 0 aromatic heterocycles. The van der Waals surface area contributed by atoms with Crippen LogP contribution >= 0.6 is 11.6 Å². The number of hydrogen-bond acceptors (Lipinski definition) is 3. The van der Waals surface area contributed by atoms with Crippen molar-refractivity contribution < 1.29 is 19.1 Å². The first kappa shape index (κ1) is 17.7. The minimum Gasteiger partial charge on any atom is -0.396 e. The number of carbonyl (C=O) groups is 2. The van der Waals surface area contributed by atoms with Crippen molar-refractivity contribution in [2.45, 2.75) is 32.2 Å². The van der Waals surface area contributed by atoms with Gasteiger partial charge in [0.15, 0.2) is 0 Å². The molecule has 0 aliphatic carbocycles. The van der Waals surface area contributed by atoms with Gasteiger partial charge in [-0.3, -0.25) is 9.59 Å². The molecule has 1 aromatic rings. The summed E-state index contributed by atoms with van der Waals surface area (Å²) in [7, 11) is 0. The normalized spacial score (nSPS) is 19.0. The average molecular weight is 343 g/mol. The van der Waals surface area contributed by atoms with Crippen LogP contribution in [0.3, 0.4) is 0 Å². The van der Waals surface area contributed by atoms with E-state index in [0.717, 1.165) is 0 Å². The van der Waals surface area contributed by atoms with E-state index < -0.39 is 11.7 Å². The highest BCUT2D eigenvalue weighted by Gasteiger charge is 2.35. The lowest BCUT2D eigenvalue weighted by Gasteiger charge is -2.18. The van der Waals surface area contributed by atoms with Crippen LogP contribution in [0.2, 0.25) is 5.02 Å². The highest BCUT2D eigenvalue weighted by molar-refractivity contribution is 6.30. The molecule has 1 aromatic carbocycles. The van der Waals surface area contributed by atoms with Gasteiger partial charge < -0.3 is 15.3 Å². The lowest BCUT2D eigenvalue weighted by molar-refractivity contribution is -0.126. The molecule has 1 heterocycles. The van der Waals surface area contributed by atoms with Crippen LogP contribution in [0, 0.1) is 11.7 Å². The second-order valence-electron chi connectivity index (χ2n) is 5.78. The quantitative estimate of drug-likeness (QED) is 0.832. The lowest BCUT2D eigenvalue weighted by atomic mass is 10.1. The number of benzene rings is 1. The molecule has 0 radical (unpaired) electrons. The molecule has 1 aliphatic rings. The fourth-order valence-electron chi connectivity index (χ4n) is 2.62. The van der Waals surface area contributed by atoms with Crippen LogP contribution in [-0.2, 0) is 9.59 Å². The minimum atomic E-state index is -0.595. The Bertz CT molecular complexity index is 597. The molecular weight excluding hydrogens is 323 g/mol. The van der Waals surface area contributed by atoms with Gasteiger partial charge in [0.1, 0.15) is 5.82 Å². The highest BCUT2D eigenvalue weighted by Crippen LogP contribution is 2.28. The first-order valence-corrected chi connectivity index (χ1v) is 7.96. The van der Waals surface area contributed by atoms with Crippen molar-refractivity contribution in [1.29, 1.82) is 0 Å². The number of aliphatic hydroxyl groups is 1. The van der Waals surface area contributed by atoms with Gasteiger partial charge in [0.05, 0.1) is 10.9 Å². The van der Waals surface area contributed by atoms with E-state index in [9.17, 15) is 14.0 Å².